The van der Waals surface area contributed by atoms with Crippen LogP contribution < -0.4 is 0 Å². The minimum Gasteiger partial charge on any atom is -0.444 e. The number of amides is 2. The van der Waals surface area contributed by atoms with E-state index in [9.17, 15) is 9.59 Å². The predicted octanol–water partition coefficient (Wildman–Crippen LogP) is 2.93. The molecule has 2 amide bonds. The van der Waals surface area contributed by atoms with Crippen molar-refractivity contribution in [3.63, 3.8) is 0 Å². The number of rotatable bonds is 2. The van der Waals surface area contributed by atoms with Crippen molar-refractivity contribution in [3.05, 3.63) is 0 Å². The minimum atomic E-state index is -0.496. The zero-order chi connectivity index (χ0) is 17.7. The summed E-state index contributed by atoms with van der Waals surface area (Å²) in [5.41, 5.74) is -0.496. The molecule has 2 fully saturated rings. The molecule has 0 aromatic heterocycles. The fourth-order valence-electron chi connectivity index (χ4n) is 3.74. The van der Waals surface area contributed by atoms with E-state index in [1.165, 1.54) is 0 Å². The summed E-state index contributed by atoms with van der Waals surface area (Å²) in [4.78, 5) is 28.3. The van der Waals surface area contributed by atoms with Crippen LogP contribution >= 0.6 is 0 Å². The lowest BCUT2D eigenvalue weighted by Crippen LogP contribution is -2.53. The van der Waals surface area contributed by atoms with Gasteiger partial charge in [-0.3, -0.25) is 4.79 Å². The maximum Gasteiger partial charge on any atom is 0.410 e. The summed E-state index contributed by atoms with van der Waals surface area (Å²) in [6, 6.07) is 2.11. The predicted molar refractivity (Wildman–Crippen MR) is 90.1 cm³/mol. The minimum absolute atomic E-state index is 0.0565. The van der Waals surface area contributed by atoms with Gasteiger partial charge in [0.1, 0.15) is 12.0 Å². The van der Waals surface area contributed by atoms with E-state index in [4.69, 9.17) is 10.00 Å². The second kappa shape index (κ2) is 7.87. The lowest BCUT2D eigenvalue weighted by molar-refractivity contribution is -0.135. The van der Waals surface area contributed by atoms with Crippen molar-refractivity contribution >= 4 is 12.0 Å². The van der Waals surface area contributed by atoms with Crippen LogP contribution in [0, 0.1) is 17.2 Å². The van der Waals surface area contributed by atoms with Crippen molar-refractivity contribution in [2.24, 2.45) is 5.92 Å². The van der Waals surface area contributed by atoms with Crippen molar-refractivity contribution in [3.8, 4) is 6.07 Å². The fourth-order valence-corrected chi connectivity index (χ4v) is 3.74. The number of likely N-dealkylation sites (tertiary alicyclic amines) is 2. The van der Waals surface area contributed by atoms with Crippen molar-refractivity contribution in [2.75, 3.05) is 19.6 Å². The van der Waals surface area contributed by atoms with E-state index in [1.807, 2.05) is 31.7 Å². The zero-order valence-electron chi connectivity index (χ0n) is 15.1. The van der Waals surface area contributed by atoms with Gasteiger partial charge in [-0.25, -0.2) is 4.79 Å². The molecular formula is C18H29N3O3. The molecule has 0 saturated carbocycles. The van der Waals surface area contributed by atoms with Gasteiger partial charge >= 0.3 is 6.09 Å². The van der Waals surface area contributed by atoms with Crippen molar-refractivity contribution in [1.29, 1.82) is 5.26 Å². The molecule has 2 saturated heterocycles. The molecule has 0 unspecified atom stereocenters. The Morgan fingerprint density at radius 2 is 1.92 bits per heavy atom. The van der Waals surface area contributed by atoms with Crippen molar-refractivity contribution < 1.29 is 14.3 Å². The van der Waals surface area contributed by atoms with Gasteiger partial charge in [0.05, 0.1) is 6.07 Å². The topological polar surface area (TPSA) is 73.6 Å². The Morgan fingerprint density at radius 3 is 2.58 bits per heavy atom. The van der Waals surface area contributed by atoms with Gasteiger partial charge in [0.2, 0.25) is 5.91 Å². The van der Waals surface area contributed by atoms with E-state index < -0.39 is 5.60 Å². The molecule has 2 aliphatic rings. The molecule has 2 rings (SSSR count). The van der Waals surface area contributed by atoms with Crippen LogP contribution in [0.3, 0.4) is 0 Å². The first kappa shape index (κ1) is 18.6. The summed E-state index contributed by atoms with van der Waals surface area (Å²) in [5.74, 6) is 0.200. The van der Waals surface area contributed by atoms with Gasteiger partial charge in [-0.2, -0.15) is 5.26 Å². The number of hydrogen-bond donors (Lipinski definition) is 0. The van der Waals surface area contributed by atoms with Crippen LogP contribution in [0.2, 0.25) is 0 Å². The molecule has 6 nitrogen and oxygen atoms in total. The first-order chi connectivity index (χ1) is 11.3. The maximum absolute atomic E-state index is 12.3. The maximum atomic E-state index is 12.3. The summed E-state index contributed by atoms with van der Waals surface area (Å²) in [6.07, 6.45) is 4.68. The third-order valence-corrected chi connectivity index (χ3v) is 4.75. The van der Waals surface area contributed by atoms with Crippen LogP contribution in [0.1, 0.15) is 59.3 Å². The van der Waals surface area contributed by atoms with E-state index in [-0.39, 0.29) is 30.4 Å². The summed E-state index contributed by atoms with van der Waals surface area (Å²) >= 11 is 0. The average molecular weight is 335 g/mol. The second-order valence-corrected chi connectivity index (χ2v) is 7.81. The number of carbonyl (C=O) groups excluding carboxylic acids is 2. The van der Waals surface area contributed by atoms with Gasteiger partial charge in [0.15, 0.2) is 0 Å². The molecule has 0 bridgehead atoms. The molecule has 2 heterocycles. The Balaban J connectivity index is 2.03. The molecule has 0 spiro atoms. The van der Waals surface area contributed by atoms with E-state index >= 15 is 0 Å². The third-order valence-electron chi connectivity index (χ3n) is 4.75. The van der Waals surface area contributed by atoms with E-state index in [2.05, 4.69) is 0 Å². The Kier molecular flexibility index (Phi) is 6.09. The smallest absolute Gasteiger partial charge is 0.410 e. The molecular weight excluding hydrogens is 306 g/mol. The highest BCUT2D eigenvalue weighted by molar-refractivity contribution is 5.78. The number of nitriles is 1. The second-order valence-electron chi connectivity index (χ2n) is 7.81. The lowest BCUT2D eigenvalue weighted by Gasteiger charge is -2.44. The highest BCUT2D eigenvalue weighted by atomic mass is 16.6. The van der Waals surface area contributed by atoms with E-state index in [0.717, 1.165) is 38.6 Å². The van der Waals surface area contributed by atoms with Crippen LogP contribution in [-0.4, -0.2) is 53.1 Å². The molecule has 0 radical (unpaired) electrons. The highest BCUT2D eigenvalue weighted by Crippen LogP contribution is 2.30. The van der Waals surface area contributed by atoms with Crippen LogP contribution in [0.25, 0.3) is 0 Å². The molecule has 0 aliphatic carbocycles. The molecule has 0 aromatic rings. The largest absolute Gasteiger partial charge is 0.444 e. The van der Waals surface area contributed by atoms with Gasteiger partial charge in [0.25, 0.3) is 0 Å². The van der Waals surface area contributed by atoms with Crippen molar-refractivity contribution in [2.45, 2.75) is 70.9 Å². The first-order valence-corrected chi connectivity index (χ1v) is 8.96. The first-order valence-electron chi connectivity index (χ1n) is 8.96. The van der Waals surface area contributed by atoms with Gasteiger partial charge in [-0.05, 0) is 58.8 Å². The zero-order valence-corrected chi connectivity index (χ0v) is 15.1. The number of hydrogen-bond acceptors (Lipinski definition) is 4. The summed E-state index contributed by atoms with van der Waals surface area (Å²) in [7, 11) is 0. The summed E-state index contributed by atoms with van der Waals surface area (Å²) in [5, 5.41) is 8.82. The Labute approximate surface area is 144 Å². The summed E-state index contributed by atoms with van der Waals surface area (Å²) in [6.45, 7) is 7.69. The average Bonchev–Trinajstić information content (AvgIpc) is 2.53. The van der Waals surface area contributed by atoms with E-state index in [0.29, 0.717) is 13.1 Å². The van der Waals surface area contributed by atoms with Gasteiger partial charge in [-0.15, -0.1) is 0 Å². The lowest BCUT2D eigenvalue weighted by atomic mass is 9.84. The van der Waals surface area contributed by atoms with Crippen LogP contribution in [0.5, 0.6) is 0 Å². The number of piperidine rings is 2. The molecule has 0 aromatic carbocycles. The quantitative estimate of drug-likeness (QED) is 0.777. The number of carbonyl (C=O) groups is 2. The van der Waals surface area contributed by atoms with Crippen molar-refractivity contribution in [1.82, 2.24) is 9.80 Å². The van der Waals surface area contributed by atoms with E-state index in [1.54, 1.807) is 4.90 Å². The monoisotopic (exact) mass is 335 g/mol. The Bertz CT molecular complexity index is 507. The Morgan fingerprint density at radius 1 is 1.17 bits per heavy atom. The van der Waals surface area contributed by atoms with Gasteiger partial charge in [-0.1, -0.05) is 0 Å². The number of ether oxygens (including phenoxy) is 1. The molecule has 0 N–H and O–H groups in total. The van der Waals surface area contributed by atoms with Gasteiger partial charge in [0, 0.05) is 25.7 Å². The standard InChI is InChI=1S/C18H29N3O3/c1-18(2,3)24-17(23)20-11-6-7-14(13-20)15-8-4-5-12-21(15)16(22)9-10-19/h14-15H,4-9,11-13H2,1-3H3/t14-,15+/m0/s1. The number of nitrogens with zero attached hydrogens (tertiary/aromatic N) is 3. The molecule has 6 heteroatoms. The molecule has 24 heavy (non-hydrogen) atoms. The van der Waals surface area contributed by atoms with Crippen LogP contribution in [-0.2, 0) is 9.53 Å². The molecule has 2 atom stereocenters. The molecule has 134 valence electrons. The van der Waals surface area contributed by atoms with Gasteiger partial charge < -0.3 is 14.5 Å². The fraction of sp³-hybridized carbons (Fsp3) is 0.833. The highest BCUT2D eigenvalue weighted by Gasteiger charge is 2.37. The third kappa shape index (κ3) is 4.86. The van der Waals surface area contributed by atoms with Crippen LogP contribution in [0.15, 0.2) is 0 Å². The van der Waals surface area contributed by atoms with Crippen LogP contribution in [0.4, 0.5) is 4.79 Å². The Hall–Kier alpha value is -1.77. The summed E-state index contributed by atoms with van der Waals surface area (Å²) < 4.78 is 5.49. The molecule has 2 aliphatic heterocycles. The normalized spacial score (nSPS) is 25.1. The SMILES string of the molecule is CC(C)(C)OC(=O)N1CCC[C@H]([C@H]2CCCCN2C(=O)CC#N)C1.